The number of anilines is 1. The maximum Gasteiger partial charge on any atom is 0.276 e. The normalized spacial score (nSPS) is 11.1. The van der Waals surface area contributed by atoms with Crippen molar-refractivity contribution in [2.24, 2.45) is 0 Å². The Hall–Kier alpha value is -3.61. The van der Waals surface area contributed by atoms with Gasteiger partial charge in [0.05, 0.1) is 12.8 Å². The largest absolute Gasteiger partial charge is 0.495 e. The van der Waals surface area contributed by atoms with Gasteiger partial charge in [-0.2, -0.15) is 5.10 Å². The first kappa shape index (κ1) is 18.7. The van der Waals surface area contributed by atoms with Crippen molar-refractivity contribution in [1.29, 1.82) is 0 Å². The Morgan fingerprint density at radius 3 is 2.76 bits per heavy atom. The molecule has 0 saturated carbocycles. The highest BCUT2D eigenvalue weighted by molar-refractivity contribution is 6.09. The van der Waals surface area contributed by atoms with E-state index in [1.54, 1.807) is 13.2 Å². The van der Waals surface area contributed by atoms with E-state index in [4.69, 9.17) is 9.15 Å². The molecular weight excluding hydrogens is 370 g/mol. The summed E-state index contributed by atoms with van der Waals surface area (Å²) in [4.78, 5) is 24.7. The molecule has 148 valence electrons. The van der Waals surface area contributed by atoms with Gasteiger partial charge in [-0.25, -0.2) is 4.68 Å². The van der Waals surface area contributed by atoms with Gasteiger partial charge < -0.3 is 14.5 Å². The van der Waals surface area contributed by atoms with E-state index in [2.05, 4.69) is 10.4 Å². The van der Waals surface area contributed by atoms with Gasteiger partial charge in [0, 0.05) is 29.4 Å². The molecule has 7 nitrogen and oxygen atoms in total. The van der Waals surface area contributed by atoms with E-state index in [0.717, 1.165) is 29.2 Å². The van der Waals surface area contributed by atoms with E-state index in [1.165, 1.54) is 16.8 Å². The number of carbonyl (C=O) groups is 1. The summed E-state index contributed by atoms with van der Waals surface area (Å²) in [6.07, 6.45) is 1.74. The number of fused-ring (bicyclic) bond motifs is 3. The van der Waals surface area contributed by atoms with Gasteiger partial charge >= 0.3 is 0 Å². The number of unbranched alkanes of at least 4 members (excludes halogenated alkanes) is 1. The summed E-state index contributed by atoms with van der Waals surface area (Å²) in [6, 6.07) is 14.1. The van der Waals surface area contributed by atoms with Gasteiger partial charge in [0.1, 0.15) is 22.6 Å². The molecule has 0 atom stereocenters. The standard InChI is InChI=1S/C22H21N3O4/c1-3-4-11-25-21(26)10-9-16(24-25)22(27)23-17-13-19-15(12-20(17)28-2)14-7-5-6-8-18(14)29-19/h5-10,12-13H,3-4,11H2,1-2H3,(H,23,27). The third kappa shape index (κ3) is 3.59. The number of hydrogen-bond acceptors (Lipinski definition) is 5. The van der Waals surface area contributed by atoms with Crippen LogP contribution in [0.4, 0.5) is 5.69 Å². The molecule has 2 aromatic carbocycles. The number of hydrogen-bond donors (Lipinski definition) is 1. The first-order chi connectivity index (χ1) is 14.1. The zero-order valence-corrected chi connectivity index (χ0v) is 16.3. The topological polar surface area (TPSA) is 86.4 Å². The van der Waals surface area contributed by atoms with Crippen LogP contribution in [0.1, 0.15) is 30.3 Å². The molecule has 4 aromatic rings. The fraction of sp³-hybridized carbons (Fsp3) is 0.227. The minimum atomic E-state index is -0.427. The highest BCUT2D eigenvalue weighted by Gasteiger charge is 2.16. The number of para-hydroxylation sites is 1. The Morgan fingerprint density at radius 2 is 1.97 bits per heavy atom. The van der Waals surface area contributed by atoms with Crippen molar-refractivity contribution in [3.05, 3.63) is 64.6 Å². The number of aromatic nitrogens is 2. The number of methoxy groups -OCH3 is 1. The van der Waals surface area contributed by atoms with Crippen molar-refractivity contribution < 1.29 is 13.9 Å². The van der Waals surface area contributed by atoms with Gasteiger partial charge in [-0.1, -0.05) is 31.5 Å². The quantitative estimate of drug-likeness (QED) is 0.532. The van der Waals surface area contributed by atoms with Crippen LogP contribution in [0.15, 0.2) is 57.7 Å². The molecule has 0 saturated heterocycles. The molecule has 0 aliphatic carbocycles. The van der Waals surface area contributed by atoms with Crippen LogP contribution >= 0.6 is 0 Å². The number of nitrogens with zero attached hydrogens (tertiary/aromatic N) is 2. The van der Waals surface area contributed by atoms with Crippen LogP contribution in [0.25, 0.3) is 21.9 Å². The molecule has 7 heteroatoms. The van der Waals surface area contributed by atoms with E-state index in [1.807, 2.05) is 37.3 Å². The second kappa shape index (κ2) is 7.79. The van der Waals surface area contributed by atoms with Crippen LogP contribution in [0.3, 0.4) is 0 Å². The van der Waals surface area contributed by atoms with E-state index >= 15 is 0 Å². The summed E-state index contributed by atoms with van der Waals surface area (Å²) in [5.41, 5.74) is 1.81. The smallest absolute Gasteiger partial charge is 0.276 e. The van der Waals surface area contributed by atoms with Gasteiger partial charge in [0.15, 0.2) is 0 Å². The van der Waals surface area contributed by atoms with E-state index in [-0.39, 0.29) is 11.3 Å². The molecule has 0 radical (unpaired) electrons. The fourth-order valence-corrected chi connectivity index (χ4v) is 3.24. The highest BCUT2D eigenvalue weighted by atomic mass is 16.5. The second-order valence-electron chi connectivity index (χ2n) is 6.73. The summed E-state index contributed by atoms with van der Waals surface area (Å²) >= 11 is 0. The van der Waals surface area contributed by atoms with Crippen molar-refractivity contribution in [2.75, 3.05) is 12.4 Å². The first-order valence-corrected chi connectivity index (χ1v) is 9.49. The molecule has 0 fully saturated rings. The van der Waals surface area contributed by atoms with Crippen LogP contribution in [0.5, 0.6) is 5.75 Å². The Balaban J connectivity index is 1.69. The summed E-state index contributed by atoms with van der Waals surface area (Å²) in [7, 11) is 1.54. The van der Waals surface area contributed by atoms with Crippen molar-refractivity contribution in [1.82, 2.24) is 9.78 Å². The minimum Gasteiger partial charge on any atom is -0.495 e. The lowest BCUT2D eigenvalue weighted by Gasteiger charge is -2.11. The van der Waals surface area contributed by atoms with Gasteiger partial charge in [0.25, 0.3) is 11.5 Å². The SMILES string of the molecule is CCCCn1nc(C(=O)Nc2cc3oc4ccccc4c3cc2OC)ccc1=O. The Labute approximate surface area is 166 Å². The van der Waals surface area contributed by atoms with Crippen molar-refractivity contribution >= 4 is 33.5 Å². The van der Waals surface area contributed by atoms with E-state index in [9.17, 15) is 9.59 Å². The van der Waals surface area contributed by atoms with Crippen LogP contribution in [0.2, 0.25) is 0 Å². The summed E-state index contributed by atoms with van der Waals surface area (Å²) in [5.74, 6) is 0.0840. The number of carbonyl (C=O) groups excluding carboxylic acids is 1. The Kier molecular flexibility index (Phi) is 5.03. The van der Waals surface area contributed by atoms with E-state index in [0.29, 0.717) is 23.6 Å². The molecule has 1 N–H and O–H groups in total. The van der Waals surface area contributed by atoms with Crippen LogP contribution in [-0.2, 0) is 6.54 Å². The maximum atomic E-state index is 12.8. The maximum absolute atomic E-state index is 12.8. The number of furan rings is 1. The summed E-state index contributed by atoms with van der Waals surface area (Å²) in [6.45, 7) is 2.51. The van der Waals surface area contributed by atoms with Gasteiger partial charge in [-0.3, -0.25) is 9.59 Å². The first-order valence-electron chi connectivity index (χ1n) is 9.49. The van der Waals surface area contributed by atoms with Gasteiger partial charge in [-0.05, 0) is 24.6 Å². The Bertz CT molecular complexity index is 1260. The molecule has 1 amide bonds. The molecule has 4 rings (SSSR count). The summed E-state index contributed by atoms with van der Waals surface area (Å²) < 4.78 is 12.7. The molecule has 0 spiro atoms. The molecule has 0 unspecified atom stereocenters. The van der Waals surface area contributed by atoms with Crippen LogP contribution in [0, 0.1) is 0 Å². The summed E-state index contributed by atoms with van der Waals surface area (Å²) in [5, 5.41) is 8.88. The number of benzene rings is 2. The number of aryl methyl sites for hydroxylation is 1. The number of nitrogens with one attached hydrogen (secondary N) is 1. The predicted octanol–water partition coefficient (Wildman–Crippen LogP) is 4.20. The van der Waals surface area contributed by atoms with Crippen LogP contribution < -0.4 is 15.6 Å². The second-order valence-corrected chi connectivity index (χ2v) is 6.73. The number of rotatable bonds is 6. The lowest BCUT2D eigenvalue weighted by atomic mass is 10.1. The molecule has 2 aromatic heterocycles. The predicted molar refractivity (Wildman–Crippen MR) is 112 cm³/mol. The molecular formula is C22H21N3O4. The Morgan fingerprint density at radius 1 is 1.14 bits per heavy atom. The average Bonchev–Trinajstić information content (AvgIpc) is 3.09. The van der Waals surface area contributed by atoms with Crippen LogP contribution in [-0.4, -0.2) is 22.8 Å². The minimum absolute atomic E-state index is 0.160. The molecule has 2 heterocycles. The fourth-order valence-electron chi connectivity index (χ4n) is 3.24. The lowest BCUT2D eigenvalue weighted by Crippen LogP contribution is -2.26. The molecule has 0 aliphatic rings. The average molecular weight is 391 g/mol. The third-order valence-corrected chi connectivity index (χ3v) is 4.77. The highest BCUT2D eigenvalue weighted by Crippen LogP contribution is 2.36. The van der Waals surface area contributed by atoms with Crippen molar-refractivity contribution in [2.45, 2.75) is 26.3 Å². The molecule has 29 heavy (non-hydrogen) atoms. The number of amides is 1. The molecule has 0 bridgehead atoms. The van der Waals surface area contributed by atoms with Crippen molar-refractivity contribution in [3.8, 4) is 5.75 Å². The van der Waals surface area contributed by atoms with Crippen molar-refractivity contribution in [3.63, 3.8) is 0 Å². The zero-order valence-electron chi connectivity index (χ0n) is 16.3. The lowest BCUT2D eigenvalue weighted by molar-refractivity contribution is 0.101. The third-order valence-electron chi connectivity index (χ3n) is 4.77. The monoisotopic (exact) mass is 391 g/mol. The molecule has 0 aliphatic heterocycles. The number of ether oxygens (including phenoxy) is 1. The van der Waals surface area contributed by atoms with E-state index < -0.39 is 5.91 Å². The van der Waals surface area contributed by atoms with Gasteiger partial charge in [-0.15, -0.1) is 0 Å². The van der Waals surface area contributed by atoms with Gasteiger partial charge in [0.2, 0.25) is 0 Å². The zero-order chi connectivity index (χ0) is 20.4.